The lowest BCUT2D eigenvalue weighted by Gasteiger charge is -2.12. The van der Waals surface area contributed by atoms with Crippen LogP contribution in [0.4, 0.5) is 17.3 Å². The highest BCUT2D eigenvalue weighted by Gasteiger charge is 2.10. The number of aromatic nitrogens is 2. The summed E-state index contributed by atoms with van der Waals surface area (Å²) in [7, 11) is 0. The highest BCUT2D eigenvalue weighted by atomic mass is 35.5. The summed E-state index contributed by atoms with van der Waals surface area (Å²) in [5.41, 5.74) is 7.29. The van der Waals surface area contributed by atoms with Crippen LogP contribution in [0.2, 0.25) is 5.02 Å². The Bertz CT molecular complexity index is 750. The van der Waals surface area contributed by atoms with Gasteiger partial charge in [-0.2, -0.15) is 0 Å². The molecule has 0 saturated carbocycles. The molecule has 0 aliphatic rings. The molecule has 0 amide bonds. The lowest BCUT2D eigenvalue weighted by molar-refractivity contribution is -0.384. The largest absolute Gasteiger partial charge is 0.330 e. The smallest absolute Gasteiger partial charge is 0.271 e. The molecule has 0 bridgehead atoms. The van der Waals surface area contributed by atoms with Gasteiger partial charge in [0.15, 0.2) is 5.11 Å². The number of anilines is 2. The van der Waals surface area contributed by atoms with Crippen LogP contribution in [0, 0.1) is 24.0 Å². The number of non-ortho nitro benzene ring substituents is 1. The molecule has 8 nitrogen and oxygen atoms in total. The van der Waals surface area contributed by atoms with Crippen molar-refractivity contribution in [3.8, 4) is 0 Å². The van der Waals surface area contributed by atoms with E-state index in [0.717, 1.165) is 11.4 Å². The number of aryl methyl sites for hydroxylation is 2. The molecule has 120 valence electrons. The van der Waals surface area contributed by atoms with Gasteiger partial charge in [0.05, 0.1) is 15.6 Å². The monoisotopic (exact) mass is 352 g/mol. The van der Waals surface area contributed by atoms with Crippen LogP contribution in [-0.2, 0) is 0 Å². The summed E-state index contributed by atoms with van der Waals surface area (Å²) in [6, 6.07) is 5.87. The molecule has 2 rings (SSSR count). The fourth-order valence-electron chi connectivity index (χ4n) is 1.77. The number of nitrogens with zero attached hydrogens (tertiary/aromatic N) is 3. The van der Waals surface area contributed by atoms with Crippen molar-refractivity contribution in [1.29, 1.82) is 0 Å². The Balaban J connectivity index is 2.02. The Morgan fingerprint density at radius 1 is 1.26 bits per heavy atom. The number of halogens is 1. The number of hydrogen-bond donors (Lipinski definition) is 3. The van der Waals surface area contributed by atoms with E-state index in [-0.39, 0.29) is 10.8 Å². The van der Waals surface area contributed by atoms with Crippen LogP contribution in [0.5, 0.6) is 0 Å². The van der Waals surface area contributed by atoms with Crippen molar-refractivity contribution in [3.05, 3.63) is 50.8 Å². The second-order valence-corrected chi connectivity index (χ2v) is 5.42. The summed E-state index contributed by atoms with van der Waals surface area (Å²) in [4.78, 5) is 18.6. The van der Waals surface area contributed by atoms with Gasteiger partial charge in [-0.25, -0.2) is 9.97 Å². The van der Waals surface area contributed by atoms with E-state index in [4.69, 9.17) is 23.8 Å². The van der Waals surface area contributed by atoms with Crippen LogP contribution in [0.25, 0.3) is 0 Å². The van der Waals surface area contributed by atoms with Gasteiger partial charge in [0.2, 0.25) is 5.95 Å². The summed E-state index contributed by atoms with van der Waals surface area (Å²) >= 11 is 11.1. The third-order valence-electron chi connectivity index (χ3n) is 2.68. The van der Waals surface area contributed by atoms with Crippen LogP contribution in [0.15, 0.2) is 24.3 Å². The third kappa shape index (κ3) is 4.73. The number of benzene rings is 1. The standard InChI is InChI=1S/C13H13ClN6O2S/c1-7-5-8(2)16-12(15-7)18-19-13(23)17-11-6-9(20(21)22)3-4-10(11)14/h3-6H,1-2H3,(H,15,16,18)(H2,17,19,23). The minimum absolute atomic E-state index is 0.0923. The summed E-state index contributed by atoms with van der Waals surface area (Å²) in [6.07, 6.45) is 0. The Labute approximate surface area is 142 Å². The van der Waals surface area contributed by atoms with Gasteiger partial charge in [0, 0.05) is 23.5 Å². The van der Waals surface area contributed by atoms with Gasteiger partial charge in [-0.15, -0.1) is 0 Å². The van der Waals surface area contributed by atoms with E-state index in [2.05, 4.69) is 26.1 Å². The topological polar surface area (TPSA) is 105 Å². The SMILES string of the molecule is Cc1cc(C)nc(NNC(=S)Nc2cc([N+](=O)[O-])ccc2Cl)n1. The molecule has 1 aromatic carbocycles. The minimum Gasteiger partial charge on any atom is -0.330 e. The molecule has 0 aliphatic carbocycles. The zero-order valence-electron chi connectivity index (χ0n) is 12.3. The normalized spacial score (nSPS) is 10.0. The molecular formula is C13H13ClN6O2S. The fourth-order valence-corrected chi connectivity index (χ4v) is 2.10. The molecule has 0 atom stereocenters. The summed E-state index contributed by atoms with van der Waals surface area (Å²) < 4.78 is 0. The van der Waals surface area contributed by atoms with Gasteiger partial charge >= 0.3 is 0 Å². The molecule has 0 radical (unpaired) electrons. The number of nitro groups is 1. The molecule has 0 spiro atoms. The Morgan fingerprint density at radius 3 is 2.52 bits per heavy atom. The van der Waals surface area contributed by atoms with Crippen LogP contribution in [0.3, 0.4) is 0 Å². The summed E-state index contributed by atoms with van der Waals surface area (Å²) in [5, 5.41) is 14.0. The van der Waals surface area contributed by atoms with E-state index in [0.29, 0.717) is 16.7 Å². The minimum atomic E-state index is -0.514. The highest BCUT2D eigenvalue weighted by Crippen LogP contribution is 2.26. The van der Waals surface area contributed by atoms with Gasteiger partial charge in [-0.3, -0.25) is 21.0 Å². The maximum Gasteiger partial charge on any atom is 0.271 e. The summed E-state index contributed by atoms with van der Waals surface area (Å²) in [5.74, 6) is 0.358. The number of rotatable bonds is 4. The predicted octanol–water partition coefficient (Wildman–Crippen LogP) is 2.97. The van der Waals surface area contributed by atoms with Gasteiger partial charge in [-0.1, -0.05) is 11.6 Å². The quantitative estimate of drug-likeness (QED) is 0.438. The van der Waals surface area contributed by atoms with Crippen molar-refractivity contribution in [2.24, 2.45) is 0 Å². The molecule has 10 heteroatoms. The molecule has 0 saturated heterocycles. The van der Waals surface area contributed by atoms with Crippen LogP contribution < -0.4 is 16.2 Å². The van der Waals surface area contributed by atoms with Crippen molar-refractivity contribution in [2.75, 3.05) is 10.7 Å². The average molecular weight is 353 g/mol. The molecule has 3 N–H and O–H groups in total. The number of thiocarbonyl (C=S) groups is 1. The Hall–Kier alpha value is -2.52. The molecule has 23 heavy (non-hydrogen) atoms. The van der Waals surface area contributed by atoms with E-state index in [1.54, 1.807) is 0 Å². The van der Waals surface area contributed by atoms with Crippen LogP contribution >= 0.6 is 23.8 Å². The second kappa shape index (κ2) is 7.16. The van der Waals surface area contributed by atoms with E-state index in [1.807, 2.05) is 19.9 Å². The zero-order valence-corrected chi connectivity index (χ0v) is 13.8. The van der Waals surface area contributed by atoms with Crippen LogP contribution in [0.1, 0.15) is 11.4 Å². The first-order chi connectivity index (χ1) is 10.8. The highest BCUT2D eigenvalue weighted by molar-refractivity contribution is 7.80. The van der Waals surface area contributed by atoms with Crippen molar-refractivity contribution < 1.29 is 4.92 Å². The average Bonchev–Trinajstić information content (AvgIpc) is 2.46. The molecule has 0 aliphatic heterocycles. The first-order valence-corrected chi connectivity index (χ1v) is 7.23. The zero-order chi connectivity index (χ0) is 17.0. The third-order valence-corrected chi connectivity index (χ3v) is 3.21. The van der Waals surface area contributed by atoms with Crippen LogP contribution in [-0.4, -0.2) is 20.0 Å². The lowest BCUT2D eigenvalue weighted by Crippen LogP contribution is -2.34. The van der Waals surface area contributed by atoms with E-state index >= 15 is 0 Å². The maximum atomic E-state index is 10.8. The number of nitrogens with one attached hydrogen (secondary N) is 3. The Morgan fingerprint density at radius 2 is 1.91 bits per heavy atom. The Kier molecular flexibility index (Phi) is 5.24. The van der Waals surface area contributed by atoms with E-state index in [9.17, 15) is 10.1 Å². The molecule has 1 heterocycles. The molecule has 0 fully saturated rings. The molecule has 2 aromatic rings. The van der Waals surface area contributed by atoms with Crippen molar-refractivity contribution in [3.63, 3.8) is 0 Å². The summed E-state index contributed by atoms with van der Waals surface area (Å²) in [6.45, 7) is 3.69. The number of hydrazine groups is 1. The lowest BCUT2D eigenvalue weighted by atomic mass is 10.3. The first-order valence-electron chi connectivity index (χ1n) is 6.44. The molecular weight excluding hydrogens is 340 g/mol. The van der Waals surface area contributed by atoms with Gasteiger partial charge in [0.25, 0.3) is 5.69 Å². The first kappa shape index (κ1) is 16.8. The van der Waals surface area contributed by atoms with E-state index in [1.165, 1.54) is 18.2 Å². The predicted molar refractivity (Wildman–Crippen MR) is 92.6 cm³/mol. The van der Waals surface area contributed by atoms with Gasteiger partial charge in [-0.05, 0) is 38.2 Å². The number of hydrogen-bond acceptors (Lipinski definition) is 6. The van der Waals surface area contributed by atoms with E-state index < -0.39 is 4.92 Å². The maximum absolute atomic E-state index is 10.8. The van der Waals surface area contributed by atoms with Gasteiger partial charge in [0.1, 0.15) is 0 Å². The van der Waals surface area contributed by atoms with Gasteiger partial charge < -0.3 is 5.32 Å². The van der Waals surface area contributed by atoms with Crippen molar-refractivity contribution in [2.45, 2.75) is 13.8 Å². The molecule has 1 aromatic heterocycles. The van der Waals surface area contributed by atoms with Crippen molar-refractivity contribution >= 4 is 46.3 Å². The molecule has 0 unspecified atom stereocenters. The fraction of sp³-hybridized carbons (Fsp3) is 0.154. The number of nitro benzene ring substituents is 1. The van der Waals surface area contributed by atoms with Crippen molar-refractivity contribution in [1.82, 2.24) is 15.4 Å². The second-order valence-electron chi connectivity index (χ2n) is 4.60.